The quantitative estimate of drug-likeness (QED) is 0.360. The lowest BCUT2D eigenvalue weighted by atomic mass is 10.2. The van der Waals surface area contributed by atoms with Gasteiger partial charge in [-0.2, -0.15) is 13.2 Å². The first-order valence-electron chi connectivity index (χ1n) is 10.0. The molecule has 0 spiro atoms. The average molecular weight is 480 g/mol. The molecule has 3 aromatic carbocycles. The topological polar surface area (TPSA) is 46.2 Å². The second kappa shape index (κ2) is 9.58. The highest BCUT2D eigenvalue weighted by Gasteiger charge is 2.30. The van der Waals surface area contributed by atoms with Gasteiger partial charge in [0.25, 0.3) is 0 Å². The van der Waals surface area contributed by atoms with Crippen LogP contribution in [0, 0.1) is 12.8 Å². The van der Waals surface area contributed by atoms with Gasteiger partial charge in [-0.3, -0.25) is 0 Å². The molecular weight excluding hydrogens is 455 g/mol. The number of benzene rings is 3. The summed E-state index contributed by atoms with van der Waals surface area (Å²) < 4.78 is 65.2. The zero-order chi connectivity index (χ0) is 23.5. The molecule has 3 rings (SSSR count). The number of hydrogen-bond donors (Lipinski definition) is 1. The van der Waals surface area contributed by atoms with Gasteiger partial charge in [0.1, 0.15) is 0 Å². The predicted octanol–water partition coefficient (Wildman–Crippen LogP) is 7.34. The van der Waals surface area contributed by atoms with Crippen molar-refractivity contribution in [2.75, 3.05) is 11.1 Å². The van der Waals surface area contributed by atoms with E-state index in [9.17, 15) is 21.6 Å². The number of alkyl halides is 3. The highest BCUT2D eigenvalue weighted by atomic mass is 32.2. The van der Waals surface area contributed by atoms with E-state index >= 15 is 0 Å². The molecule has 0 amide bonds. The number of hydrogen-bond acceptors (Lipinski definition) is 4. The van der Waals surface area contributed by atoms with Crippen molar-refractivity contribution < 1.29 is 21.6 Å². The second-order valence-corrected chi connectivity index (χ2v) is 10.8. The first kappa shape index (κ1) is 24.2. The highest BCUT2D eigenvalue weighted by Crippen LogP contribution is 2.36. The summed E-state index contributed by atoms with van der Waals surface area (Å²) in [6, 6.07) is 16.2. The molecule has 0 heterocycles. The van der Waals surface area contributed by atoms with Crippen LogP contribution in [0.2, 0.25) is 0 Å². The second-order valence-electron chi connectivity index (χ2n) is 7.82. The number of thioether (sulfide) groups is 1. The van der Waals surface area contributed by atoms with E-state index in [2.05, 4.69) is 19.2 Å². The SMILES string of the molecule is Cc1c(SCC(C)C)cc(Nc2ccc(C(F)(F)F)cc2)cc1S(=O)(=O)c1ccccc1. The predicted molar refractivity (Wildman–Crippen MR) is 123 cm³/mol. The van der Waals surface area contributed by atoms with Crippen LogP contribution in [0.25, 0.3) is 0 Å². The van der Waals surface area contributed by atoms with Crippen molar-refractivity contribution in [2.24, 2.45) is 5.92 Å². The molecule has 0 unspecified atom stereocenters. The van der Waals surface area contributed by atoms with Crippen molar-refractivity contribution in [3.63, 3.8) is 0 Å². The van der Waals surface area contributed by atoms with E-state index in [1.54, 1.807) is 49.0 Å². The molecule has 1 N–H and O–H groups in total. The highest BCUT2D eigenvalue weighted by molar-refractivity contribution is 7.99. The molecule has 0 saturated heterocycles. The Hall–Kier alpha value is -2.45. The van der Waals surface area contributed by atoms with Crippen molar-refractivity contribution in [2.45, 2.75) is 41.6 Å². The summed E-state index contributed by atoms with van der Waals surface area (Å²) >= 11 is 1.56. The van der Waals surface area contributed by atoms with Gasteiger partial charge in [0.15, 0.2) is 0 Å². The maximum atomic E-state index is 13.3. The third-order valence-electron chi connectivity index (χ3n) is 4.73. The Bertz CT molecular complexity index is 1170. The summed E-state index contributed by atoms with van der Waals surface area (Å²) in [5.41, 5.74) is 0.839. The molecule has 0 saturated carbocycles. The monoisotopic (exact) mass is 479 g/mol. The van der Waals surface area contributed by atoms with Gasteiger partial charge in [-0.05, 0) is 66.9 Å². The molecule has 0 aliphatic carbocycles. The van der Waals surface area contributed by atoms with E-state index in [1.165, 1.54) is 18.2 Å². The van der Waals surface area contributed by atoms with E-state index in [0.717, 1.165) is 22.8 Å². The number of halogens is 3. The number of rotatable bonds is 7. The number of sulfone groups is 1. The van der Waals surface area contributed by atoms with Gasteiger partial charge in [0.2, 0.25) is 9.84 Å². The average Bonchev–Trinajstić information content (AvgIpc) is 2.74. The van der Waals surface area contributed by atoms with Gasteiger partial charge >= 0.3 is 6.18 Å². The van der Waals surface area contributed by atoms with Crippen molar-refractivity contribution in [1.29, 1.82) is 0 Å². The van der Waals surface area contributed by atoms with E-state index in [1.807, 2.05) is 6.07 Å². The first-order chi connectivity index (χ1) is 15.0. The normalized spacial score (nSPS) is 12.2. The molecule has 3 nitrogen and oxygen atoms in total. The van der Waals surface area contributed by atoms with Crippen molar-refractivity contribution in [1.82, 2.24) is 0 Å². The Morgan fingerprint density at radius 3 is 2.12 bits per heavy atom. The Morgan fingerprint density at radius 1 is 0.938 bits per heavy atom. The van der Waals surface area contributed by atoms with Gasteiger partial charge < -0.3 is 5.32 Å². The van der Waals surface area contributed by atoms with E-state index in [4.69, 9.17) is 0 Å². The third-order valence-corrected chi connectivity index (χ3v) is 8.19. The number of nitrogens with one attached hydrogen (secondary N) is 1. The van der Waals surface area contributed by atoms with Crippen LogP contribution in [0.3, 0.4) is 0 Å². The minimum absolute atomic E-state index is 0.173. The fourth-order valence-corrected chi connectivity index (χ4v) is 5.73. The molecule has 0 aliphatic heterocycles. The van der Waals surface area contributed by atoms with Crippen LogP contribution in [0.15, 0.2) is 81.4 Å². The van der Waals surface area contributed by atoms with Crippen molar-refractivity contribution >= 4 is 33.0 Å². The fourth-order valence-electron chi connectivity index (χ4n) is 3.06. The molecule has 0 radical (unpaired) electrons. The van der Waals surface area contributed by atoms with Gasteiger partial charge in [-0.25, -0.2) is 8.42 Å². The maximum absolute atomic E-state index is 13.3. The smallest absolute Gasteiger partial charge is 0.355 e. The lowest BCUT2D eigenvalue weighted by Gasteiger charge is -2.17. The zero-order valence-electron chi connectivity index (χ0n) is 17.9. The molecule has 3 aromatic rings. The van der Waals surface area contributed by atoms with E-state index < -0.39 is 21.6 Å². The van der Waals surface area contributed by atoms with Crippen LogP contribution < -0.4 is 5.32 Å². The largest absolute Gasteiger partial charge is 0.416 e. The van der Waals surface area contributed by atoms with Crippen molar-refractivity contribution in [3.05, 3.63) is 77.9 Å². The molecular formula is C24H24F3NO2S2. The van der Waals surface area contributed by atoms with Gasteiger partial charge in [0, 0.05) is 22.0 Å². The Morgan fingerprint density at radius 2 is 1.56 bits per heavy atom. The molecule has 170 valence electrons. The summed E-state index contributed by atoms with van der Waals surface area (Å²) in [5.74, 6) is 1.20. The summed E-state index contributed by atoms with van der Waals surface area (Å²) in [6.45, 7) is 5.93. The first-order valence-corrected chi connectivity index (χ1v) is 12.5. The molecule has 0 bridgehead atoms. The Kier molecular flexibility index (Phi) is 7.25. The van der Waals surface area contributed by atoms with Gasteiger partial charge in [-0.15, -0.1) is 11.8 Å². The molecule has 8 heteroatoms. The van der Waals surface area contributed by atoms with E-state index in [0.29, 0.717) is 22.9 Å². The van der Waals surface area contributed by atoms with Crippen LogP contribution in [0.5, 0.6) is 0 Å². The summed E-state index contributed by atoms with van der Waals surface area (Å²) in [6.07, 6.45) is -4.42. The lowest BCUT2D eigenvalue weighted by molar-refractivity contribution is -0.137. The molecule has 0 aromatic heterocycles. The van der Waals surface area contributed by atoms with Gasteiger partial charge in [0.05, 0.1) is 15.4 Å². The van der Waals surface area contributed by atoms with Crippen LogP contribution in [-0.4, -0.2) is 14.2 Å². The maximum Gasteiger partial charge on any atom is 0.416 e. The minimum atomic E-state index is -4.42. The fraction of sp³-hybridized carbons (Fsp3) is 0.250. The molecule has 0 aliphatic rings. The minimum Gasteiger partial charge on any atom is -0.355 e. The Balaban J connectivity index is 2.04. The summed E-state index contributed by atoms with van der Waals surface area (Å²) in [5, 5.41) is 3.06. The van der Waals surface area contributed by atoms with Crippen molar-refractivity contribution in [3.8, 4) is 0 Å². The molecule has 32 heavy (non-hydrogen) atoms. The molecule has 0 fully saturated rings. The van der Waals surface area contributed by atoms with E-state index in [-0.39, 0.29) is 9.79 Å². The number of anilines is 2. The summed E-state index contributed by atoms with van der Waals surface area (Å²) in [7, 11) is -3.77. The Labute approximate surface area is 191 Å². The lowest BCUT2D eigenvalue weighted by Crippen LogP contribution is -2.07. The van der Waals surface area contributed by atoms with Crippen LogP contribution in [-0.2, 0) is 16.0 Å². The van der Waals surface area contributed by atoms with Crippen LogP contribution >= 0.6 is 11.8 Å². The summed E-state index contributed by atoms with van der Waals surface area (Å²) in [4.78, 5) is 1.17. The molecule has 0 atom stereocenters. The van der Waals surface area contributed by atoms with Crippen LogP contribution in [0.1, 0.15) is 25.0 Å². The van der Waals surface area contributed by atoms with Crippen LogP contribution in [0.4, 0.5) is 24.5 Å². The third kappa shape index (κ3) is 5.66. The standard InChI is InChI=1S/C24H24F3NO2S2/c1-16(2)15-31-22-13-20(28-19-11-9-18(10-12-19)24(25,26)27)14-23(17(22)3)32(29,30)21-7-5-4-6-8-21/h4-14,16,28H,15H2,1-3H3. The van der Waals surface area contributed by atoms with Gasteiger partial charge in [-0.1, -0.05) is 32.0 Å². The zero-order valence-corrected chi connectivity index (χ0v) is 19.5.